The fraction of sp³-hybridized carbons (Fsp3) is 0.688. The molecular formula is C16H21Cl3N2O2. The van der Waals surface area contributed by atoms with E-state index in [1.807, 2.05) is 11.1 Å². The maximum absolute atomic E-state index is 11.4. The summed E-state index contributed by atoms with van der Waals surface area (Å²) in [6.45, 7) is 0. The topological polar surface area (TPSA) is 52.6 Å². The fourth-order valence-electron chi connectivity index (χ4n) is 3.65. The molecule has 128 valence electrons. The molecule has 1 aliphatic heterocycles. The maximum Gasteiger partial charge on any atom is 0.322 e. The summed E-state index contributed by atoms with van der Waals surface area (Å²) in [7, 11) is 0. The number of halogens is 3. The molecule has 0 radical (unpaired) electrons. The van der Waals surface area contributed by atoms with E-state index in [0.717, 1.165) is 49.3 Å². The molecule has 3 aliphatic rings. The number of hydrogen-bond donors (Lipinski definition) is 2. The highest BCUT2D eigenvalue weighted by molar-refractivity contribution is 6.29. The van der Waals surface area contributed by atoms with Gasteiger partial charge in [-0.3, -0.25) is 4.79 Å². The summed E-state index contributed by atoms with van der Waals surface area (Å²) in [5.74, 6) is -0.827. The molecule has 4 unspecified atom stereocenters. The molecule has 1 heterocycles. The number of hydrogen-bond acceptors (Lipinski definition) is 3. The van der Waals surface area contributed by atoms with Gasteiger partial charge < -0.3 is 10.1 Å². The Hall–Kier alpha value is -0.420. The zero-order valence-corrected chi connectivity index (χ0v) is 15.0. The zero-order valence-electron chi connectivity index (χ0n) is 12.8. The van der Waals surface area contributed by atoms with Crippen LogP contribution in [-0.2, 0) is 4.79 Å². The summed E-state index contributed by atoms with van der Waals surface area (Å²) in [5.41, 5.74) is 5.51. The number of hydrazine groups is 1. The smallest absolute Gasteiger partial charge is 0.322 e. The molecule has 2 N–H and O–H groups in total. The van der Waals surface area contributed by atoms with Gasteiger partial charge in [-0.25, -0.2) is 5.43 Å². The zero-order chi connectivity index (χ0) is 16.6. The van der Waals surface area contributed by atoms with Gasteiger partial charge in [0.2, 0.25) is 0 Å². The molecule has 3 rings (SSSR count). The van der Waals surface area contributed by atoms with Crippen molar-refractivity contribution in [2.75, 3.05) is 0 Å². The number of allylic oxidation sites excluding steroid dienone is 3. The molecule has 0 spiro atoms. The predicted molar refractivity (Wildman–Crippen MR) is 92.7 cm³/mol. The highest BCUT2D eigenvalue weighted by atomic mass is 35.5. The fourth-order valence-corrected chi connectivity index (χ4v) is 4.68. The van der Waals surface area contributed by atoms with Crippen LogP contribution in [0.2, 0.25) is 0 Å². The lowest BCUT2D eigenvalue weighted by Gasteiger charge is -2.39. The van der Waals surface area contributed by atoms with Crippen LogP contribution < -0.4 is 5.43 Å². The Kier molecular flexibility index (Phi) is 5.46. The quantitative estimate of drug-likeness (QED) is 0.713. The van der Waals surface area contributed by atoms with E-state index in [-0.39, 0.29) is 16.8 Å². The van der Waals surface area contributed by atoms with E-state index >= 15 is 0 Å². The van der Waals surface area contributed by atoms with Gasteiger partial charge in [-0.15, -0.1) is 23.2 Å². The van der Waals surface area contributed by atoms with Crippen LogP contribution in [-0.4, -0.2) is 38.9 Å². The van der Waals surface area contributed by atoms with Crippen molar-refractivity contribution in [3.8, 4) is 0 Å². The second-order valence-corrected chi connectivity index (χ2v) is 8.16. The van der Waals surface area contributed by atoms with E-state index in [2.05, 4.69) is 5.43 Å². The first-order chi connectivity index (χ1) is 11.0. The van der Waals surface area contributed by atoms with E-state index < -0.39 is 12.0 Å². The maximum atomic E-state index is 11.4. The number of alkyl halides is 2. The van der Waals surface area contributed by atoms with Crippen molar-refractivity contribution in [2.45, 2.75) is 67.8 Å². The molecule has 0 aromatic rings. The van der Waals surface area contributed by atoms with Crippen LogP contribution >= 0.6 is 34.8 Å². The number of carboxylic acid groups (broad SMARTS) is 1. The molecule has 0 amide bonds. The van der Waals surface area contributed by atoms with Gasteiger partial charge in [0.1, 0.15) is 6.04 Å². The van der Waals surface area contributed by atoms with Crippen LogP contribution in [0.25, 0.3) is 0 Å². The van der Waals surface area contributed by atoms with E-state index in [4.69, 9.17) is 34.8 Å². The Morgan fingerprint density at radius 2 is 2.09 bits per heavy atom. The van der Waals surface area contributed by atoms with Crippen LogP contribution in [0.15, 0.2) is 22.4 Å². The van der Waals surface area contributed by atoms with Crippen LogP contribution in [0.1, 0.15) is 44.9 Å². The third kappa shape index (κ3) is 3.81. The number of carbonyl (C=O) groups is 1. The molecule has 1 saturated heterocycles. The molecule has 2 fully saturated rings. The van der Waals surface area contributed by atoms with Crippen molar-refractivity contribution in [1.29, 1.82) is 0 Å². The molecule has 1 saturated carbocycles. The lowest BCUT2D eigenvalue weighted by Crippen LogP contribution is -2.50. The minimum atomic E-state index is -0.827. The summed E-state index contributed by atoms with van der Waals surface area (Å²) in [5, 5.41) is 12.3. The summed E-state index contributed by atoms with van der Waals surface area (Å²) in [6, 6.07) is -0.503. The molecule has 0 aromatic carbocycles. The molecule has 0 bridgehead atoms. The highest BCUT2D eigenvalue weighted by Crippen LogP contribution is 2.38. The Balaban J connectivity index is 1.86. The Morgan fingerprint density at radius 1 is 1.30 bits per heavy atom. The minimum absolute atomic E-state index is 0.0791. The van der Waals surface area contributed by atoms with Crippen LogP contribution in [0, 0.1) is 0 Å². The summed E-state index contributed by atoms with van der Waals surface area (Å²) in [4.78, 5) is 11.4. The normalized spacial score (nSPS) is 38.6. The average molecular weight is 380 g/mol. The van der Waals surface area contributed by atoms with Crippen molar-refractivity contribution in [3.05, 3.63) is 22.4 Å². The highest BCUT2D eigenvalue weighted by Gasteiger charge is 2.41. The van der Waals surface area contributed by atoms with Crippen molar-refractivity contribution in [1.82, 2.24) is 10.4 Å². The van der Waals surface area contributed by atoms with Crippen molar-refractivity contribution < 1.29 is 9.90 Å². The Morgan fingerprint density at radius 3 is 2.70 bits per heavy atom. The molecule has 4 atom stereocenters. The van der Waals surface area contributed by atoms with Gasteiger partial charge in [0, 0.05) is 22.5 Å². The van der Waals surface area contributed by atoms with Crippen LogP contribution in [0.4, 0.5) is 0 Å². The van der Waals surface area contributed by atoms with E-state index in [1.165, 1.54) is 5.57 Å². The van der Waals surface area contributed by atoms with Crippen molar-refractivity contribution in [2.24, 2.45) is 0 Å². The lowest BCUT2D eigenvalue weighted by molar-refractivity contribution is -0.139. The molecule has 4 nitrogen and oxygen atoms in total. The van der Waals surface area contributed by atoms with Crippen molar-refractivity contribution >= 4 is 40.8 Å². The summed E-state index contributed by atoms with van der Waals surface area (Å²) in [6.07, 6.45) is 7.54. The first-order valence-corrected chi connectivity index (χ1v) is 9.32. The van der Waals surface area contributed by atoms with Gasteiger partial charge in [-0.05, 0) is 44.1 Å². The number of carboxylic acids is 1. The molecule has 0 aromatic heterocycles. The SMILES string of the molecule is O=C(O)C1C/C(=C2\CC=C(Cl)CC2)N(C2CCC(Cl)CC2Cl)N1. The average Bonchev–Trinajstić information content (AvgIpc) is 2.93. The Bertz CT molecular complexity index is 549. The third-order valence-electron chi connectivity index (χ3n) is 4.93. The van der Waals surface area contributed by atoms with Crippen LogP contribution in [0.3, 0.4) is 0 Å². The second-order valence-electron chi connectivity index (χ2n) is 6.49. The lowest BCUT2D eigenvalue weighted by atomic mass is 9.92. The van der Waals surface area contributed by atoms with Gasteiger partial charge in [-0.1, -0.05) is 17.7 Å². The third-order valence-corrected chi connectivity index (χ3v) is 6.14. The van der Waals surface area contributed by atoms with Crippen molar-refractivity contribution in [3.63, 3.8) is 0 Å². The molecular weight excluding hydrogens is 359 g/mol. The summed E-state index contributed by atoms with van der Waals surface area (Å²) < 4.78 is 0. The monoisotopic (exact) mass is 378 g/mol. The van der Waals surface area contributed by atoms with Gasteiger partial charge in [-0.2, -0.15) is 0 Å². The first kappa shape index (κ1) is 17.4. The van der Waals surface area contributed by atoms with Gasteiger partial charge in [0.05, 0.1) is 11.4 Å². The van der Waals surface area contributed by atoms with Gasteiger partial charge >= 0.3 is 5.97 Å². The molecule has 7 heteroatoms. The number of rotatable bonds is 2. The largest absolute Gasteiger partial charge is 0.480 e. The van der Waals surface area contributed by atoms with Gasteiger partial charge in [0.15, 0.2) is 0 Å². The minimum Gasteiger partial charge on any atom is -0.480 e. The molecule has 23 heavy (non-hydrogen) atoms. The van der Waals surface area contributed by atoms with E-state index in [9.17, 15) is 9.90 Å². The standard InChI is InChI=1S/C16H21Cl3N2O2/c17-10-3-1-9(2-4-10)15-8-13(16(22)23)20-21(15)14-6-5-11(18)7-12(14)19/h3,11-14,20H,1-2,4-8H2,(H,22,23)/b15-9-. The summed E-state index contributed by atoms with van der Waals surface area (Å²) >= 11 is 18.8. The van der Waals surface area contributed by atoms with E-state index in [0.29, 0.717) is 6.42 Å². The number of nitrogens with one attached hydrogen (secondary N) is 1. The molecule has 2 aliphatic carbocycles. The number of nitrogens with zero attached hydrogens (tertiary/aromatic N) is 1. The van der Waals surface area contributed by atoms with E-state index in [1.54, 1.807) is 0 Å². The Labute approximate surface area is 151 Å². The van der Waals surface area contributed by atoms with Gasteiger partial charge in [0.25, 0.3) is 0 Å². The second kappa shape index (κ2) is 7.22. The number of aliphatic carboxylic acids is 1. The van der Waals surface area contributed by atoms with Crippen LogP contribution in [0.5, 0.6) is 0 Å². The first-order valence-electron chi connectivity index (χ1n) is 8.07. The predicted octanol–water partition coefficient (Wildman–Crippen LogP) is 3.98.